The maximum absolute atomic E-state index is 12.5. The van der Waals surface area contributed by atoms with Gasteiger partial charge in [-0.2, -0.15) is 4.98 Å². The molecule has 0 atom stereocenters. The van der Waals surface area contributed by atoms with E-state index in [0.717, 1.165) is 3.57 Å². The summed E-state index contributed by atoms with van der Waals surface area (Å²) >= 11 is 8.01. The molecule has 0 radical (unpaired) electrons. The van der Waals surface area contributed by atoms with Gasteiger partial charge in [0.1, 0.15) is 0 Å². The van der Waals surface area contributed by atoms with E-state index in [4.69, 9.17) is 16.1 Å². The van der Waals surface area contributed by atoms with Gasteiger partial charge in [-0.25, -0.2) is 0 Å². The lowest BCUT2D eigenvalue weighted by atomic mass is 10.1. The van der Waals surface area contributed by atoms with Gasteiger partial charge in [-0.15, -0.1) is 0 Å². The molecule has 7 heteroatoms. The number of nitrogens with zero attached hydrogens (tertiary/aromatic N) is 2. The minimum atomic E-state index is -0.223. The Hall–Kier alpha value is -1.93. The fourth-order valence-electron chi connectivity index (χ4n) is 2.06. The largest absolute Gasteiger partial charge is 0.339 e. The third kappa shape index (κ3) is 3.53. The summed E-state index contributed by atoms with van der Waals surface area (Å²) in [5.41, 5.74) is 1.86. The van der Waals surface area contributed by atoms with Crippen molar-refractivity contribution in [1.82, 2.24) is 10.1 Å². The lowest BCUT2D eigenvalue weighted by Gasteiger charge is -2.10. The average molecular weight is 440 g/mol. The predicted octanol–water partition coefficient (Wildman–Crippen LogP) is 4.56. The van der Waals surface area contributed by atoms with Gasteiger partial charge in [0, 0.05) is 21.1 Å². The van der Waals surface area contributed by atoms with Crippen LogP contribution in [-0.4, -0.2) is 16.0 Å². The van der Waals surface area contributed by atoms with Crippen molar-refractivity contribution in [3.05, 3.63) is 62.5 Å². The normalized spacial score (nSPS) is 10.6. The number of halogens is 2. The topological polar surface area (TPSA) is 68.0 Å². The molecule has 0 saturated carbocycles. The zero-order valence-corrected chi connectivity index (χ0v) is 14.9. The van der Waals surface area contributed by atoms with Crippen molar-refractivity contribution >= 4 is 45.8 Å². The number of carbonyl (C=O) groups excluding carboxylic acids is 1. The summed E-state index contributed by atoms with van der Waals surface area (Å²) in [4.78, 5) is 16.7. The number of aromatic nitrogens is 2. The molecule has 5 nitrogen and oxygen atoms in total. The molecule has 0 aliphatic carbocycles. The molecular weight excluding hydrogens is 429 g/mol. The van der Waals surface area contributed by atoms with Crippen molar-refractivity contribution in [2.75, 3.05) is 5.32 Å². The summed E-state index contributed by atoms with van der Waals surface area (Å²) < 4.78 is 5.78. The van der Waals surface area contributed by atoms with Crippen LogP contribution in [0.15, 0.2) is 47.0 Å². The van der Waals surface area contributed by atoms with Gasteiger partial charge in [-0.1, -0.05) is 28.9 Å². The highest BCUT2D eigenvalue weighted by molar-refractivity contribution is 14.1. The van der Waals surface area contributed by atoms with E-state index in [1.165, 1.54) is 0 Å². The Bertz CT molecular complexity index is 879. The van der Waals surface area contributed by atoms with Gasteiger partial charge in [-0.3, -0.25) is 4.79 Å². The molecule has 0 unspecified atom stereocenters. The van der Waals surface area contributed by atoms with Crippen molar-refractivity contribution < 1.29 is 9.32 Å². The molecule has 2 aromatic carbocycles. The molecule has 0 aliphatic rings. The van der Waals surface area contributed by atoms with Gasteiger partial charge >= 0.3 is 0 Å². The van der Waals surface area contributed by atoms with Crippen LogP contribution in [0.2, 0.25) is 5.02 Å². The standard InChI is InChI=1S/C16H11ClIN3O2/c1-9-19-15(21-23-9)12-4-2-3-5-14(12)20-16(22)11-7-6-10(17)8-13(11)18/h2-8H,1H3,(H,20,22). The Kier molecular flexibility index (Phi) is 4.63. The second-order valence-electron chi connectivity index (χ2n) is 4.76. The van der Waals surface area contributed by atoms with Gasteiger partial charge in [0.25, 0.3) is 5.91 Å². The minimum Gasteiger partial charge on any atom is -0.339 e. The zero-order valence-electron chi connectivity index (χ0n) is 12.0. The lowest BCUT2D eigenvalue weighted by Crippen LogP contribution is -2.14. The molecule has 1 heterocycles. The zero-order chi connectivity index (χ0) is 16.4. The number of benzene rings is 2. The van der Waals surface area contributed by atoms with Crippen LogP contribution >= 0.6 is 34.2 Å². The third-order valence-corrected chi connectivity index (χ3v) is 4.25. The average Bonchev–Trinajstić information content (AvgIpc) is 2.94. The molecule has 1 amide bonds. The molecule has 0 spiro atoms. The van der Waals surface area contributed by atoms with Crippen LogP contribution in [0, 0.1) is 10.5 Å². The molecule has 0 saturated heterocycles. The molecule has 3 aromatic rings. The Morgan fingerprint density at radius 2 is 2.04 bits per heavy atom. The van der Waals surface area contributed by atoms with Gasteiger partial charge < -0.3 is 9.84 Å². The number of rotatable bonds is 3. The van der Waals surface area contributed by atoms with Crippen molar-refractivity contribution in [3.8, 4) is 11.4 Å². The second-order valence-corrected chi connectivity index (χ2v) is 6.36. The Morgan fingerprint density at radius 1 is 1.26 bits per heavy atom. The number of anilines is 1. The number of hydrogen-bond acceptors (Lipinski definition) is 4. The van der Waals surface area contributed by atoms with E-state index in [-0.39, 0.29) is 5.91 Å². The fraction of sp³-hybridized carbons (Fsp3) is 0.0625. The first-order chi connectivity index (χ1) is 11.0. The van der Waals surface area contributed by atoms with E-state index >= 15 is 0 Å². The highest BCUT2D eigenvalue weighted by Crippen LogP contribution is 2.26. The van der Waals surface area contributed by atoms with Crippen LogP contribution in [0.5, 0.6) is 0 Å². The molecule has 1 aromatic heterocycles. The second kappa shape index (κ2) is 6.67. The number of amides is 1. The third-order valence-electron chi connectivity index (χ3n) is 3.12. The molecular formula is C16H11ClIN3O2. The molecule has 0 aliphatic heterocycles. The van der Waals surface area contributed by atoms with Gasteiger partial charge in [0.2, 0.25) is 11.7 Å². The first-order valence-corrected chi connectivity index (χ1v) is 8.16. The van der Waals surface area contributed by atoms with Gasteiger partial charge in [0.15, 0.2) is 0 Å². The first-order valence-electron chi connectivity index (χ1n) is 6.70. The number of carbonyl (C=O) groups is 1. The fourth-order valence-corrected chi connectivity index (χ4v) is 3.18. The summed E-state index contributed by atoms with van der Waals surface area (Å²) in [7, 11) is 0. The highest BCUT2D eigenvalue weighted by atomic mass is 127. The van der Waals surface area contributed by atoms with Gasteiger partial charge in [0.05, 0.1) is 11.3 Å². The maximum atomic E-state index is 12.5. The van der Waals surface area contributed by atoms with Crippen LogP contribution in [0.3, 0.4) is 0 Å². The van der Waals surface area contributed by atoms with E-state index in [2.05, 4.69) is 38.0 Å². The summed E-state index contributed by atoms with van der Waals surface area (Å²) in [5.74, 6) is 0.677. The van der Waals surface area contributed by atoms with Crippen LogP contribution in [-0.2, 0) is 0 Å². The predicted molar refractivity (Wildman–Crippen MR) is 96.6 cm³/mol. The molecule has 1 N–H and O–H groups in total. The Labute approximate surface area is 151 Å². The Balaban J connectivity index is 1.93. The lowest BCUT2D eigenvalue weighted by molar-refractivity contribution is 0.102. The summed E-state index contributed by atoms with van der Waals surface area (Å²) in [5, 5.41) is 7.38. The summed E-state index contributed by atoms with van der Waals surface area (Å²) in [6.07, 6.45) is 0. The molecule has 3 rings (SSSR count). The highest BCUT2D eigenvalue weighted by Gasteiger charge is 2.15. The van der Waals surface area contributed by atoms with E-state index in [9.17, 15) is 4.79 Å². The smallest absolute Gasteiger partial charge is 0.256 e. The monoisotopic (exact) mass is 439 g/mol. The number of nitrogens with one attached hydrogen (secondary N) is 1. The van der Waals surface area contributed by atoms with Crippen molar-refractivity contribution in [3.63, 3.8) is 0 Å². The summed E-state index contributed by atoms with van der Waals surface area (Å²) in [6.45, 7) is 1.72. The van der Waals surface area contributed by atoms with E-state index in [1.807, 2.05) is 18.2 Å². The van der Waals surface area contributed by atoms with Crippen LogP contribution < -0.4 is 5.32 Å². The summed E-state index contributed by atoms with van der Waals surface area (Å²) in [6, 6.07) is 12.4. The Morgan fingerprint density at radius 3 is 2.74 bits per heavy atom. The molecule has 23 heavy (non-hydrogen) atoms. The van der Waals surface area contributed by atoms with Crippen molar-refractivity contribution in [2.45, 2.75) is 6.92 Å². The van der Waals surface area contributed by atoms with Crippen LogP contribution in [0.1, 0.15) is 16.2 Å². The van der Waals surface area contributed by atoms with Crippen molar-refractivity contribution in [1.29, 1.82) is 0 Å². The van der Waals surface area contributed by atoms with Crippen molar-refractivity contribution in [2.24, 2.45) is 0 Å². The van der Waals surface area contributed by atoms with E-state index in [1.54, 1.807) is 31.2 Å². The van der Waals surface area contributed by atoms with E-state index in [0.29, 0.717) is 33.6 Å². The number of hydrogen-bond donors (Lipinski definition) is 1. The number of aryl methyl sites for hydroxylation is 1. The van der Waals surface area contributed by atoms with Gasteiger partial charge in [-0.05, 0) is 52.9 Å². The SMILES string of the molecule is Cc1nc(-c2ccccc2NC(=O)c2ccc(Cl)cc2I)no1. The van der Waals surface area contributed by atoms with E-state index < -0.39 is 0 Å². The molecule has 116 valence electrons. The van der Waals surface area contributed by atoms with Crippen LogP contribution in [0.4, 0.5) is 5.69 Å². The first kappa shape index (κ1) is 15.9. The molecule has 0 bridgehead atoms. The molecule has 0 fully saturated rings. The quantitative estimate of drug-likeness (QED) is 0.608. The minimum absolute atomic E-state index is 0.223. The van der Waals surface area contributed by atoms with Crippen LogP contribution in [0.25, 0.3) is 11.4 Å². The maximum Gasteiger partial charge on any atom is 0.256 e. The number of para-hydroxylation sites is 1.